The summed E-state index contributed by atoms with van der Waals surface area (Å²) in [6.07, 6.45) is 1.31. The highest BCUT2D eigenvalue weighted by Gasteiger charge is 2.19. The van der Waals surface area contributed by atoms with Gasteiger partial charge in [0.15, 0.2) is 0 Å². The highest BCUT2D eigenvalue weighted by molar-refractivity contribution is 8.00. The Balaban J connectivity index is 2.23. The van der Waals surface area contributed by atoms with E-state index in [0.29, 0.717) is 5.25 Å². The highest BCUT2D eigenvalue weighted by atomic mass is 35.5. The van der Waals surface area contributed by atoms with Crippen molar-refractivity contribution in [2.24, 2.45) is 0 Å². The molecule has 1 aliphatic rings. The molecule has 58 valence electrons. The molecule has 1 saturated heterocycles. The molecule has 0 amide bonds. The zero-order chi connectivity index (χ0) is 7.68. The number of benzene rings is 1. The first-order valence-corrected chi connectivity index (χ1v) is 5.16. The van der Waals surface area contributed by atoms with Gasteiger partial charge < -0.3 is 0 Å². The SMILES string of the molecule is Clc1cccc(C2CCS2)c1. The molecule has 2 rings (SSSR count). The second-order valence-corrected chi connectivity index (χ2v) is 4.45. The summed E-state index contributed by atoms with van der Waals surface area (Å²) in [4.78, 5) is 0. The van der Waals surface area contributed by atoms with Gasteiger partial charge >= 0.3 is 0 Å². The molecule has 0 aliphatic carbocycles. The van der Waals surface area contributed by atoms with Crippen LogP contribution < -0.4 is 0 Å². The van der Waals surface area contributed by atoms with Crippen LogP contribution in [0, 0.1) is 0 Å². The van der Waals surface area contributed by atoms with Crippen molar-refractivity contribution in [1.82, 2.24) is 0 Å². The Morgan fingerprint density at radius 2 is 2.27 bits per heavy atom. The number of thioether (sulfide) groups is 1. The third-order valence-electron chi connectivity index (χ3n) is 1.92. The molecule has 1 aliphatic heterocycles. The van der Waals surface area contributed by atoms with Crippen LogP contribution in [0.3, 0.4) is 0 Å². The average Bonchev–Trinajstić information content (AvgIpc) is 1.83. The Bertz CT molecular complexity index is 255. The number of hydrogen-bond acceptors (Lipinski definition) is 1. The summed E-state index contributed by atoms with van der Waals surface area (Å²) in [7, 11) is 0. The average molecular weight is 185 g/mol. The van der Waals surface area contributed by atoms with Crippen molar-refractivity contribution < 1.29 is 0 Å². The molecule has 1 aromatic rings. The molecule has 2 heteroatoms. The Kier molecular flexibility index (Phi) is 2.10. The van der Waals surface area contributed by atoms with E-state index in [-0.39, 0.29) is 0 Å². The molecular weight excluding hydrogens is 176 g/mol. The maximum atomic E-state index is 5.86. The Hall–Kier alpha value is -0.140. The van der Waals surface area contributed by atoms with Crippen LogP contribution in [-0.2, 0) is 0 Å². The van der Waals surface area contributed by atoms with E-state index in [0.717, 1.165) is 5.02 Å². The summed E-state index contributed by atoms with van der Waals surface area (Å²) in [5, 5.41) is 1.57. The molecule has 0 bridgehead atoms. The van der Waals surface area contributed by atoms with Gasteiger partial charge in [0.25, 0.3) is 0 Å². The van der Waals surface area contributed by atoms with Crippen molar-refractivity contribution in [2.75, 3.05) is 5.75 Å². The largest absolute Gasteiger partial charge is 0.154 e. The van der Waals surface area contributed by atoms with Crippen LogP contribution >= 0.6 is 23.4 Å². The monoisotopic (exact) mass is 184 g/mol. The summed E-state index contributed by atoms with van der Waals surface area (Å²) in [5.41, 5.74) is 1.38. The maximum Gasteiger partial charge on any atom is 0.0409 e. The van der Waals surface area contributed by atoms with Crippen LogP contribution in [0.25, 0.3) is 0 Å². The fourth-order valence-corrected chi connectivity index (χ4v) is 2.21. The van der Waals surface area contributed by atoms with Crippen LogP contribution in [0.15, 0.2) is 24.3 Å². The second-order valence-electron chi connectivity index (χ2n) is 2.70. The van der Waals surface area contributed by atoms with Gasteiger partial charge in [-0.2, -0.15) is 11.8 Å². The smallest absolute Gasteiger partial charge is 0.0409 e. The number of hydrogen-bond donors (Lipinski definition) is 0. The fraction of sp³-hybridized carbons (Fsp3) is 0.333. The first-order valence-electron chi connectivity index (χ1n) is 3.73. The van der Waals surface area contributed by atoms with Crippen LogP contribution in [0.4, 0.5) is 0 Å². The van der Waals surface area contributed by atoms with E-state index < -0.39 is 0 Å². The van der Waals surface area contributed by atoms with Crippen molar-refractivity contribution in [3.05, 3.63) is 34.9 Å². The van der Waals surface area contributed by atoms with Crippen molar-refractivity contribution in [2.45, 2.75) is 11.7 Å². The van der Waals surface area contributed by atoms with Gasteiger partial charge in [-0.15, -0.1) is 0 Å². The molecule has 0 nitrogen and oxygen atoms in total. The summed E-state index contributed by atoms with van der Waals surface area (Å²) in [6, 6.07) is 8.17. The van der Waals surface area contributed by atoms with E-state index in [1.807, 2.05) is 23.9 Å². The third kappa shape index (κ3) is 1.54. The van der Waals surface area contributed by atoms with Crippen molar-refractivity contribution in [3.8, 4) is 0 Å². The standard InChI is InChI=1S/C9H9ClS/c10-8-3-1-2-7(6-8)9-4-5-11-9/h1-3,6,9H,4-5H2. The van der Waals surface area contributed by atoms with Crippen LogP contribution in [0.2, 0.25) is 5.02 Å². The van der Waals surface area contributed by atoms with Crippen LogP contribution in [0.1, 0.15) is 17.2 Å². The van der Waals surface area contributed by atoms with Gasteiger partial charge in [0, 0.05) is 10.3 Å². The van der Waals surface area contributed by atoms with Gasteiger partial charge in [0.05, 0.1) is 0 Å². The van der Waals surface area contributed by atoms with Gasteiger partial charge in [0.1, 0.15) is 0 Å². The number of rotatable bonds is 1. The van der Waals surface area contributed by atoms with Crippen LogP contribution in [0.5, 0.6) is 0 Å². The lowest BCUT2D eigenvalue weighted by atomic mass is 10.1. The maximum absolute atomic E-state index is 5.86. The molecule has 0 N–H and O–H groups in total. The Morgan fingerprint density at radius 1 is 1.45 bits per heavy atom. The minimum Gasteiger partial charge on any atom is -0.154 e. The molecule has 1 aromatic carbocycles. The summed E-state index contributed by atoms with van der Waals surface area (Å²) < 4.78 is 0. The molecule has 1 atom stereocenters. The molecule has 1 heterocycles. The second kappa shape index (κ2) is 3.08. The van der Waals surface area contributed by atoms with E-state index >= 15 is 0 Å². The zero-order valence-electron chi connectivity index (χ0n) is 6.09. The Morgan fingerprint density at radius 3 is 2.82 bits per heavy atom. The van der Waals surface area contributed by atoms with Gasteiger partial charge in [-0.1, -0.05) is 23.7 Å². The van der Waals surface area contributed by atoms with Gasteiger partial charge in [-0.25, -0.2) is 0 Å². The molecule has 0 aromatic heterocycles. The predicted molar refractivity (Wildman–Crippen MR) is 51.3 cm³/mol. The molecule has 11 heavy (non-hydrogen) atoms. The zero-order valence-corrected chi connectivity index (χ0v) is 7.66. The first kappa shape index (κ1) is 7.51. The van der Waals surface area contributed by atoms with E-state index in [2.05, 4.69) is 12.1 Å². The van der Waals surface area contributed by atoms with Gasteiger partial charge in [-0.3, -0.25) is 0 Å². The summed E-state index contributed by atoms with van der Waals surface area (Å²) in [6.45, 7) is 0. The lowest BCUT2D eigenvalue weighted by molar-refractivity contribution is 0.849. The highest BCUT2D eigenvalue weighted by Crippen LogP contribution is 2.42. The molecule has 0 radical (unpaired) electrons. The lowest BCUT2D eigenvalue weighted by Gasteiger charge is -2.25. The van der Waals surface area contributed by atoms with E-state index in [4.69, 9.17) is 11.6 Å². The van der Waals surface area contributed by atoms with E-state index in [9.17, 15) is 0 Å². The van der Waals surface area contributed by atoms with Crippen molar-refractivity contribution >= 4 is 23.4 Å². The molecule has 1 fully saturated rings. The third-order valence-corrected chi connectivity index (χ3v) is 3.54. The summed E-state index contributed by atoms with van der Waals surface area (Å²) in [5.74, 6) is 1.30. The van der Waals surface area contributed by atoms with Gasteiger partial charge in [0.2, 0.25) is 0 Å². The van der Waals surface area contributed by atoms with Crippen LogP contribution in [-0.4, -0.2) is 5.75 Å². The quantitative estimate of drug-likeness (QED) is 0.644. The fourth-order valence-electron chi connectivity index (χ4n) is 1.21. The number of halogens is 1. The topological polar surface area (TPSA) is 0 Å². The van der Waals surface area contributed by atoms with Crippen molar-refractivity contribution in [1.29, 1.82) is 0 Å². The molecule has 0 saturated carbocycles. The molecule has 1 unspecified atom stereocenters. The minimum absolute atomic E-state index is 0.716. The lowest BCUT2D eigenvalue weighted by Crippen LogP contribution is -2.06. The summed E-state index contributed by atoms with van der Waals surface area (Å²) >= 11 is 7.87. The molecular formula is C9H9ClS. The van der Waals surface area contributed by atoms with E-state index in [1.165, 1.54) is 17.7 Å². The van der Waals surface area contributed by atoms with Gasteiger partial charge in [-0.05, 0) is 29.9 Å². The first-order chi connectivity index (χ1) is 5.36. The van der Waals surface area contributed by atoms with Crippen molar-refractivity contribution in [3.63, 3.8) is 0 Å². The normalized spacial score (nSPS) is 22.8. The van der Waals surface area contributed by atoms with E-state index in [1.54, 1.807) is 0 Å². The molecule has 0 spiro atoms. The predicted octanol–water partition coefficient (Wildman–Crippen LogP) is 3.52. The Labute approximate surface area is 75.9 Å². The minimum atomic E-state index is 0.716.